The second-order valence-electron chi connectivity index (χ2n) is 4.78. The van der Waals surface area contributed by atoms with E-state index in [0.717, 1.165) is 18.4 Å². The molecule has 0 saturated carbocycles. The van der Waals surface area contributed by atoms with E-state index >= 15 is 0 Å². The third kappa shape index (κ3) is 3.16. The number of aryl methyl sites for hydroxylation is 1. The van der Waals surface area contributed by atoms with Gasteiger partial charge in [0.1, 0.15) is 5.78 Å². The standard InChI is InChI=1S/C15H23NO/c1-4-15(5-2,11-16)14(17)10-13-8-6-7-12(3)9-13/h6-9H,4-5,10-11,16H2,1-3H3. The molecule has 2 N–H and O–H groups in total. The van der Waals surface area contributed by atoms with Crippen LogP contribution in [0.25, 0.3) is 0 Å². The molecule has 0 spiro atoms. The fourth-order valence-electron chi connectivity index (χ4n) is 2.24. The molecule has 2 heteroatoms. The van der Waals surface area contributed by atoms with Gasteiger partial charge in [0.2, 0.25) is 0 Å². The Morgan fingerprint density at radius 1 is 1.29 bits per heavy atom. The average molecular weight is 233 g/mol. The first kappa shape index (κ1) is 13.9. The van der Waals surface area contributed by atoms with Crippen LogP contribution in [0.2, 0.25) is 0 Å². The van der Waals surface area contributed by atoms with E-state index in [1.807, 2.05) is 39.0 Å². The van der Waals surface area contributed by atoms with Crippen molar-refractivity contribution in [3.05, 3.63) is 35.4 Å². The molecule has 1 rings (SSSR count). The summed E-state index contributed by atoms with van der Waals surface area (Å²) in [6, 6.07) is 8.13. The lowest BCUT2D eigenvalue weighted by Crippen LogP contribution is -2.38. The minimum atomic E-state index is -0.330. The number of benzene rings is 1. The number of nitrogens with two attached hydrogens (primary N) is 1. The first-order valence-electron chi connectivity index (χ1n) is 6.37. The SMILES string of the molecule is CCC(CC)(CN)C(=O)Cc1cccc(C)c1. The number of carbonyl (C=O) groups excluding carboxylic acids is 1. The summed E-state index contributed by atoms with van der Waals surface area (Å²) < 4.78 is 0. The monoisotopic (exact) mass is 233 g/mol. The van der Waals surface area contributed by atoms with E-state index in [1.54, 1.807) is 0 Å². The van der Waals surface area contributed by atoms with Gasteiger partial charge in [0.05, 0.1) is 0 Å². The second-order valence-corrected chi connectivity index (χ2v) is 4.78. The maximum absolute atomic E-state index is 12.4. The molecule has 0 aliphatic carbocycles. The van der Waals surface area contributed by atoms with Gasteiger partial charge in [0, 0.05) is 18.4 Å². The molecule has 2 nitrogen and oxygen atoms in total. The summed E-state index contributed by atoms with van der Waals surface area (Å²) in [4.78, 5) is 12.4. The van der Waals surface area contributed by atoms with Crippen LogP contribution in [0.3, 0.4) is 0 Å². The van der Waals surface area contributed by atoms with E-state index in [0.29, 0.717) is 13.0 Å². The van der Waals surface area contributed by atoms with Gasteiger partial charge in [-0.05, 0) is 25.3 Å². The number of hydrogen-bond donors (Lipinski definition) is 1. The normalized spacial score (nSPS) is 11.5. The van der Waals surface area contributed by atoms with Gasteiger partial charge in [-0.1, -0.05) is 43.7 Å². The van der Waals surface area contributed by atoms with Crippen molar-refractivity contribution in [2.75, 3.05) is 6.54 Å². The zero-order valence-electron chi connectivity index (χ0n) is 11.1. The van der Waals surface area contributed by atoms with Gasteiger partial charge in [-0.15, -0.1) is 0 Å². The number of Topliss-reactive ketones (excluding diaryl/α,β-unsaturated/α-hetero) is 1. The molecule has 0 heterocycles. The highest BCUT2D eigenvalue weighted by Crippen LogP contribution is 2.27. The Morgan fingerprint density at radius 2 is 1.94 bits per heavy atom. The lowest BCUT2D eigenvalue weighted by Gasteiger charge is -2.28. The van der Waals surface area contributed by atoms with Crippen LogP contribution in [0.15, 0.2) is 24.3 Å². The maximum atomic E-state index is 12.4. The van der Waals surface area contributed by atoms with Gasteiger partial charge in [0.25, 0.3) is 0 Å². The molecular weight excluding hydrogens is 210 g/mol. The molecule has 0 aromatic heterocycles. The number of carbonyl (C=O) groups is 1. The van der Waals surface area contributed by atoms with Crippen molar-refractivity contribution in [3.8, 4) is 0 Å². The summed E-state index contributed by atoms with van der Waals surface area (Å²) in [5.41, 5.74) is 7.75. The largest absolute Gasteiger partial charge is 0.329 e. The van der Waals surface area contributed by atoms with Crippen LogP contribution in [0.5, 0.6) is 0 Å². The van der Waals surface area contributed by atoms with Gasteiger partial charge in [-0.25, -0.2) is 0 Å². The zero-order valence-corrected chi connectivity index (χ0v) is 11.1. The van der Waals surface area contributed by atoms with Crippen molar-refractivity contribution < 1.29 is 4.79 Å². The molecule has 0 saturated heterocycles. The van der Waals surface area contributed by atoms with Gasteiger partial charge in [0.15, 0.2) is 0 Å². The van der Waals surface area contributed by atoms with Gasteiger partial charge in [-0.3, -0.25) is 4.79 Å². The highest BCUT2D eigenvalue weighted by molar-refractivity contribution is 5.87. The highest BCUT2D eigenvalue weighted by Gasteiger charge is 2.32. The molecule has 0 amide bonds. The summed E-state index contributed by atoms with van der Waals surface area (Å²) in [6.45, 7) is 6.59. The lowest BCUT2D eigenvalue weighted by molar-refractivity contribution is -0.128. The van der Waals surface area contributed by atoms with Crippen molar-refractivity contribution in [1.29, 1.82) is 0 Å². The van der Waals surface area contributed by atoms with Crippen LogP contribution in [-0.2, 0) is 11.2 Å². The van der Waals surface area contributed by atoms with E-state index in [1.165, 1.54) is 5.56 Å². The topological polar surface area (TPSA) is 43.1 Å². The molecule has 0 aliphatic rings. The third-order valence-electron chi connectivity index (χ3n) is 3.78. The lowest BCUT2D eigenvalue weighted by atomic mass is 9.76. The van der Waals surface area contributed by atoms with E-state index in [4.69, 9.17) is 5.73 Å². The fourth-order valence-corrected chi connectivity index (χ4v) is 2.24. The van der Waals surface area contributed by atoms with Crippen molar-refractivity contribution in [2.45, 2.75) is 40.0 Å². The Balaban J connectivity index is 2.84. The second kappa shape index (κ2) is 5.97. The molecule has 0 radical (unpaired) electrons. The molecule has 0 fully saturated rings. The van der Waals surface area contributed by atoms with Crippen LogP contribution in [0.1, 0.15) is 37.8 Å². The summed E-state index contributed by atoms with van der Waals surface area (Å²) >= 11 is 0. The molecule has 0 atom stereocenters. The van der Waals surface area contributed by atoms with E-state index < -0.39 is 0 Å². The predicted molar refractivity (Wildman–Crippen MR) is 72.0 cm³/mol. The van der Waals surface area contributed by atoms with Crippen LogP contribution < -0.4 is 5.73 Å². The number of ketones is 1. The molecule has 1 aromatic rings. The van der Waals surface area contributed by atoms with E-state index in [9.17, 15) is 4.79 Å². The summed E-state index contributed by atoms with van der Waals surface area (Å²) in [6.07, 6.45) is 2.15. The molecule has 0 bridgehead atoms. The Labute approximate surface area is 104 Å². The van der Waals surface area contributed by atoms with Crippen LogP contribution in [0.4, 0.5) is 0 Å². The first-order valence-corrected chi connectivity index (χ1v) is 6.37. The summed E-state index contributed by atoms with van der Waals surface area (Å²) in [7, 11) is 0. The first-order chi connectivity index (χ1) is 8.07. The third-order valence-corrected chi connectivity index (χ3v) is 3.78. The van der Waals surface area contributed by atoms with Gasteiger partial charge >= 0.3 is 0 Å². The van der Waals surface area contributed by atoms with Crippen molar-refractivity contribution in [1.82, 2.24) is 0 Å². The molecular formula is C15H23NO. The minimum Gasteiger partial charge on any atom is -0.329 e. The van der Waals surface area contributed by atoms with Crippen LogP contribution in [0, 0.1) is 12.3 Å². The number of hydrogen-bond acceptors (Lipinski definition) is 2. The quantitative estimate of drug-likeness (QED) is 0.821. The van der Waals surface area contributed by atoms with E-state index in [-0.39, 0.29) is 11.2 Å². The zero-order chi connectivity index (χ0) is 12.9. The molecule has 1 aromatic carbocycles. The van der Waals surface area contributed by atoms with E-state index in [2.05, 4.69) is 6.07 Å². The fraction of sp³-hybridized carbons (Fsp3) is 0.533. The number of rotatable bonds is 6. The van der Waals surface area contributed by atoms with Crippen LogP contribution >= 0.6 is 0 Å². The average Bonchev–Trinajstić information content (AvgIpc) is 2.32. The Hall–Kier alpha value is -1.15. The smallest absolute Gasteiger partial charge is 0.144 e. The molecule has 17 heavy (non-hydrogen) atoms. The highest BCUT2D eigenvalue weighted by atomic mass is 16.1. The van der Waals surface area contributed by atoms with Crippen molar-refractivity contribution >= 4 is 5.78 Å². The Kier molecular flexibility index (Phi) is 4.88. The van der Waals surface area contributed by atoms with Gasteiger partial charge in [-0.2, -0.15) is 0 Å². The van der Waals surface area contributed by atoms with Crippen LogP contribution in [-0.4, -0.2) is 12.3 Å². The predicted octanol–water partition coefficient (Wildman–Crippen LogP) is 2.87. The minimum absolute atomic E-state index is 0.274. The Morgan fingerprint density at radius 3 is 2.41 bits per heavy atom. The van der Waals surface area contributed by atoms with Crippen molar-refractivity contribution in [2.24, 2.45) is 11.1 Å². The van der Waals surface area contributed by atoms with Crippen molar-refractivity contribution in [3.63, 3.8) is 0 Å². The summed E-state index contributed by atoms with van der Waals surface area (Å²) in [5, 5.41) is 0. The van der Waals surface area contributed by atoms with Gasteiger partial charge < -0.3 is 5.73 Å². The maximum Gasteiger partial charge on any atom is 0.144 e. The molecule has 0 unspecified atom stereocenters. The Bertz CT molecular complexity index is 372. The molecule has 94 valence electrons. The molecule has 0 aliphatic heterocycles. The summed E-state index contributed by atoms with van der Waals surface area (Å²) in [5.74, 6) is 0.274.